The molecule has 6 nitrogen and oxygen atoms in total. The van der Waals surface area contributed by atoms with E-state index in [-0.39, 0.29) is 0 Å². The van der Waals surface area contributed by atoms with Gasteiger partial charge in [-0.15, -0.1) is 0 Å². The molecule has 19 heavy (non-hydrogen) atoms. The quantitative estimate of drug-likeness (QED) is 0.402. The Morgan fingerprint density at radius 3 is 2.26 bits per heavy atom. The van der Waals surface area contributed by atoms with Crippen LogP contribution in [0.5, 0.6) is 0 Å². The van der Waals surface area contributed by atoms with E-state index in [1.54, 1.807) is 6.29 Å². The van der Waals surface area contributed by atoms with Crippen molar-refractivity contribution in [3.63, 3.8) is 0 Å². The number of hydrogen-bond acceptors (Lipinski definition) is 5. The Bertz CT molecular complexity index is 269. The topological polar surface area (TPSA) is 98.7 Å². The number of amides is 1. The third-order valence-electron chi connectivity index (χ3n) is 2.82. The first-order valence-electron chi connectivity index (χ1n) is 6.71. The first-order valence-corrected chi connectivity index (χ1v) is 6.71. The van der Waals surface area contributed by atoms with Gasteiger partial charge in [0.25, 0.3) is 0 Å². The van der Waals surface area contributed by atoms with E-state index in [1.807, 2.05) is 0 Å². The van der Waals surface area contributed by atoms with E-state index in [2.05, 4.69) is 17.6 Å². The number of carbonyl (C=O) groups excluding carboxylic acids is 2. The molecule has 3 unspecified atom stereocenters. The zero-order chi connectivity index (χ0) is 14.8. The predicted molar refractivity (Wildman–Crippen MR) is 72.3 cm³/mol. The fraction of sp³-hybridized carbons (Fsp3) is 0.846. The van der Waals surface area contributed by atoms with Gasteiger partial charge in [0.15, 0.2) is 0 Å². The normalized spacial score (nSPS) is 17.3. The molecule has 4 atom stereocenters. The molecular formula is C13H25N2O4. The highest BCUT2D eigenvalue weighted by Gasteiger charge is 2.26. The first kappa shape index (κ1) is 18.0. The summed E-state index contributed by atoms with van der Waals surface area (Å²) >= 11 is 0. The van der Waals surface area contributed by atoms with Crippen LogP contribution in [0.2, 0.25) is 0 Å². The van der Waals surface area contributed by atoms with Crippen molar-refractivity contribution >= 4 is 12.2 Å². The molecule has 0 saturated carbocycles. The van der Waals surface area contributed by atoms with Gasteiger partial charge >= 0.3 is 0 Å². The van der Waals surface area contributed by atoms with Crippen molar-refractivity contribution in [1.29, 1.82) is 0 Å². The summed E-state index contributed by atoms with van der Waals surface area (Å²) in [6.45, 7) is 5.58. The van der Waals surface area contributed by atoms with Crippen LogP contribution < -0.4 is 10.6 Å². The van der Waals surface area contributed by atoms with E-state index in [0.29, 0.717) is 6.54 Å². The van der Waals surface area contributed by atoms with Crippen molar-refractivity contribution in [2.45, 2.75) is 64.3 Å². The van der Waals surface area contributed by atoms with E-state index in [4.69, 9.17) is 0 Å². The number of aliphatic hydroxyl groups is 2. The zero-order valence-corrected chi connectivity index (χ0v) is 11.8. The van der Waals surface area contributed by atoms with E-state index in [0.717, 1.165) is 19.3 Å². The molecule has 0 fully saturated rings. The number of unbranched alkanes of at least 4 members (excludes halogenated alkanes) is 2. The second-order valence-electron chi connectivity index (χ2n) is 4.72. The lowest BCUT2D eigenvalue weighted by Gasteiger charge is -2.23. The number of hydrogen-bond donors (Lipinski definition) is 4. The number of rotatable bonds is 10. The van der Waals surface area contributed by atoms with Crippen LogP contribution in [0.15, 0.2) is 0 Å². The smallest absolute Gasteiger partial charge is 0.240 e. The summed E-state index contributed by atoms with van der Waals surface area (Å²) in [6.07, 6.45) is 2.68. The van der Waals surface area contributed by atoms with Gasteiger partial charge in [-0.3, -0.25) is 9.59 Å². The first-order chi connectivity index (χ1) is 8.93. The highest BCUT2D eigenvalue weighted by molar-refractivity contribution is 5.85. The van der Waals surface area contributed by atoms with E-state index in [9.17, 15) is 19.8 Å². The molecule has 111 valence electrons. The molecule has 0 aliphatic heterocycles. The Balaban J connectivity index is 4.36. The maximum absolute atomic E-state index is 11.9. The maximum atomic E-state index is 11.9. The van der Waals surface area contributed by atoms with Crippen molar-refractivity contribution in [3.05, 3.63) is 0 Å². The number of aliphatic hydroxyl groups excluding tert-OH is 2. The van der Waals surface area contributed by atoms with Crippen LogP contribution in [-0.2, 0) is 9.59 Å². The van der Waals surface area contributed by atoms with Gasteiger partial charge in [-0.1, -0.05) is 19.8 Å². The van der Waals surface area contributed by atoms with Gasteiger partial charge in [-0.05, 0) is 26.8 Å². The van der Waals surface area contributed by atoms with E-state index < -0.39 is 30.2 Å². The third-order valence-corrected chi connectivity index (χ3v) is 2.82. The van der Waals surface area contributed by atoms with Gasteiger partial charge in [0.05, 0.1) is 12.2 Å². The molecule has 0 saturated heterocycles. The van der Waals surface area contributed by atoms with Crippen LogP contribution in [0.1, 0.15) is 40.0 Å². The molecule has 0 bridgehead atoms. The molecule has 1 amide bonds. The van der Waals surface area contributed by atoms with Gasteiger partial charge < -0.3 is 20.8 Å². The van der Waals surface area contributed by atoms with Gasteiger partial charge in [0, 0.05) is 0 Å². The van der Waals surface area contributed by atoms with Crippen molar-refractivity contribution in [1.82, 2.24) is 10.6 Å². The Kier molecular flexibility index (Phi) is 9.38. The molecule has 0 aliphatic carbocycles. The minimum Gasteiger partial charge on any atom is -0.391 e. The molecule has 0 heterocycles. The van der Waals surface area contributed by atoms with Crippen molar-refractivity contribution in [2.75, 3.05) is 6.54 Å². The molecule has 6 heteroatoms. The third kappa shape index (κ3) is 7.25. The minimum atomic E-state index is -1.08. The molecule has 1 radical (unpaired) electrons. The molecule has 0 aromatic rings. The molecule has 0 rings (SSSR count). The van der Waals surface area contributed by atoms with Gasteiger partial charge in [-0.25, -0.2) is 0 Å². The second-order valence-corrected chi connectivity index (χ2v) is 4.72. The van der Waals surface area contributed by atoms with Crippen LogP contribution in [0.4, 0.5) is 0 Å². The summed E-state index contributed by atoms with van der Waals surface area (Å²) in [4.78, 5) is 22.5. The Morgan fingerprint density at radius 2 is 1.84 bits per heavy atom. The molecule has 0 aromatic carbocycles. The highest BCUT2D eigenvalue weighted by atomic mass is 16.3. The minimum absolute atomic E-state index is 0.513. The predicted octanol–water partition coefficient (Wildman–Crippen LogP) is -0.509. The molecule has 4 N–H and O–H groups in total. The van der Waals surface area contributed by atoms with Gasteiger partial charge in [0.2, 0.25) is 12.2 Å². The monoisotopic (exact) mass is 273 g/mol. The average molecular weight is 273 g/mol. The highest BCUT2D eigenvalue weighted by Crippen LogP contribution is 1.98. The second kappa shape index (κ2) is 9.89. The van der Waals surface area contributed by atoms with Crippen LogP contribution in [0.3, 0.4) is 0 Å². The Labute approximate surface area is 114 Å². The van der Waals surface area contributed by atoms with E-state index >= 15 is 0 Å². The molecule has 0 aromatic heterocycles. The van der Waals surface area contributed by atoms with Gasteiger partial charge in [0.1, 0.15) is 12.1 Å². The van der Waals surface area contributed by atoms with Crippen molar-refractivity contribution in [2.24, 2.45) is 0 Å². The molecule has 0 aliphatic rings. The maximum Gasteiger partial charge on any atom is 0.240 e. The molecular weight excluding hydrogens is 248 g/mol. The van der Waals surface area contributed by atoms with Gasteiger partial charge in [-0.2, -0.15) is 0 Å². The summed E-state index contributed by atoms with van der Waals surface area (Å²) in [6, 6.07) is -1.88. The Morgan fingerprint density at radius 1 is 1.21 bits per heavy atom. The fourth-order valence-electron chi connectivity index (χ4n) is 1.61. The summed E-state index contributed by atoms with van der Waals surface area (Å²) < 4.78 is 0. The van der Waals surface area contributed by atoms with Crippen LogP contribution in [0, 0.1) is 0 Å². The van der Waals surface area contributed by atoms with Crippen molar-refractivity contribution < 1.29 is 19.8 Å². The lowest BCUT2D eigenvalue weighted by molar-refractivity contribution is -0.126. The average Bonchev–Trinajstić information content (AvgIpc) is 2.34. The summed E-state index contributed by atoms with van der Waals surface area (Å²) in [7, 11) is 0. The van der Waals surface area contributed by atoms with Crippen molar-refractivity contribution in [3.8, 4) is 0 Å². The summed E-state index contributed by atoms with van der Waals surface area (Å²) in [5, 5.41) is 24.1. The molecule has 0 spiro atoms. The summed E-state index contributed by atoms with van der Waals surface area (Å²) in [5.41, 5.74) is 0. The van der Waals surface area contributed by atoms with Crippen LogP contribution in [0.25, 0.3) is 0 Å². The Hall–Kier alpha value is -0.980. The SMILES string of the molecule is CCCCCNC(C(=O)N[C@@H]([C]=O)C(C)O)C(C)O. The largest absolute Gasteiger partial charge is 0.391 e. The summed E-state index contributed by atoms with van der Waals surface area (Å²) in [5.74, 6) is -0.513. The zero-order valence-electron chi connectivity index (χ0n) is 11.8. The number of carbonyl (C=O) groups is 1. The van der Waals surface area contributed by atoms with E-state index in [1.165, 1.54) is 13.8 Å². The van der Waals surface area contributed by atoms with Crippen LogP contribution >= 0.6 is 0 Å². The lowest BCUT2D eigenvalue weighted by Crippen LogP contribution is -2.55. The van der Waals surface area contributed by atoms with Crippen LogP contribution in [-0.4, -0.2) is 53.2 Å². The fourth-order valence-corrected chi connectivity index (χ4v) is 1.61. The number of nitrogens with one attached hydrogen (secondary N) is 2. The lowest BCUT2D eigenvalue weighted by atomic mass is 10.1. The standard InChI is InChI=1S/C13H25N2O4/c1-4-5-6-7-14-12(10(3)18)13(19)15-11(8-16)9(2)17/h9-12,14,17-18H,4-7H2,1-3H3,(H,15,19)/t9?,10?,11-,12?/m0/s1.